The van der Waals surface area contributed by atoms with Gasteiger partial charge in [0.25, 0.3) is 0 Å². The highest BCUT2D eigenvalue weighted by Gasteiger charge is 2.09. The molecule has 0 saturated carbocycles. The van der Waals surface area contributed by atoms with Crippen molar-refractivity contribution in [3.05, 3.63) is 23.2 Å². The van der Waals surface area contributed by atoms with Crippen LogP contribution >= 0.6 is 11.6 Å². The quantitative estimate of drug-likeness (QED) is 0.795. The lowest BCUT2D eigenvalue weighted by molar-refractivity contribution is -0.137. The molecule has 4 nitrogen and oxygen atoms in total. The molecule has 0 amide bonds. The molecule has 1 N–H and O–H groups in total. The number of carboxylic acids is 1. The highest BCUT2D eigenvalue weighted by Crippen LogP contribution is 2.29. The molecule has 0 radical (unpaired) electrons. The van der Waals surface area contributed by atoms with Crippen LogP contribution in [0.1, 0.15) is 26.2 Å². The Hall–Kier alpha value is -1.42. The van der Waals surface area contributed by atoms with Gasteiger partial charge < -0.3 is 14.7 Å². The van der Waals surface area contributed by atoms with Gasteiger partial charge in [0.05, 0.1) is 12.1 Å². The molecule has 0 heterocycles. The van der Waals surface area contributed by atoms with E-state index in [2.05, 4.69) is 11.8 Å². The van der Waals surface area contributed by atoms with Crippen molar-refractivity contribution >= 4 is 23.3 Å². The second-order valence-corrected chi connectivity index (χ2v) is 4.71. The number of benzene rings is 1. The van der Waals surface area contributed by atoms with Crippen LogP contribution in [0, 0.1) is 0 Å². The number of anilines is 1. The first-order chi connectivity index (χ1) is 9.08. The number of aliphatic carboxylic acids is 1. The van der Waals surface area contributed by atoms with E-state index in [9.17, 15) is 4.79 Å². The first kappa shape index (κ1) is 15.6. The molecule has 1 aromatic carbocycles. The third-order valence-electron chi connectivity index (χ3n) is 2.81. The SMILES string of the molecule is CCCN(CCCC(=O)O)c1ccc(OC)c(Cl)c1. The van der Waals surface area contributed by atoms with Gasteiger partial charge in [-0.15, -0.1) is 0 Å². The fourth-order valence-corrected chi connectivity index (χ4v) is 2.16. The Balaban J connectivity index is 2.74. The summed E-state index contributed by atoms with van der Waals surface area (Å²) in [6.45, 7) is 3.68. The summed E-state index contributed by atoms with van der Waals surface area (Å²) in [5, 5.41) is 9.25. The van der Waals surface area contributed by atoms with Gasteiger partial charge in [-0.05, 0) is 31.0 Å². The largest absolute Gasteiger partial charge is 0.495 e. The van der Waals surface area contributed by atoms with Crippen LogP contribution in [0.4, 0.5) is 5.69 Å². The van der Waals surface area contributed by atoms with E-state index in [4.69, 9.17) is 21.4 Å². The van der Waals surface area contributed by atoms with Gasteiger partial charge in [-0.2, -0.15) is 0 Å². The van der Waals surface area contributed by atoms with Gasteiger partial charge in [-0.25, -0.2) is 0 Å². The summed E-state index contributed by atoms with van der Waals surface area (Å²) in [5.74, 6) is -0.114. The summed E-state index contributed by atoms with van der Waals surface area (Å²) in [7, 11) is 1.58. The minimum atomic E-state index is -0.760. The molecule has 0 spiro atoms. The van der Waals surface area contributed by atoms with E-state index in [1.54, 1.807) is 7.11 Å². The Morgan fingerprint density at radius 1 is 1.42 bits per heavy atom. The van der Waals surface area contributed by atoms with Gasteiger partial charge in [0.2, 0.25) is 0 Å². The molecular formula is C14H20ClNO3. The van der Waals surface area contributed by atoms with E-state index in [-0.39, 0.29) is 6.42 Å². The van der Waals surface area contributed by atoms with Crippen molar-refractivity contribution < 1.29 is 14.6 Å². The predicted molar refractivity (Wildman–Crippen MR) is 77.4 cm³/mol. The molecular weight excluding hydrogens is 266 g/mol. The van der Waals surface area contributed by atoms with Crippen LogP contribution in [0.25, 0.3) is 0 Å². The number of ether oxygens (including phenoxy) is 1. The number of rotatable bonds is 8. The molecule has 0 fully saturated rings. The number of hydrogen-bond acceptors (Lipinski definition) is 3. The molecule has 0 atom stereocenters. The van der Waals surface area contributed by atoms with Crippen molar-refractivity contribution in [1.29, 1.82) is 0 Å². The minimum absolute atomic E-state index is 0.185. The van der Waals surface area contributed by atoms with Crippen LogP contribution in [-0.4, -0.2) is 31.3 Å². The van der Waals surface area contributed by atoms with E-state index in [1.807, 2.05) is 18.2 Å². The Bertz CT molecular complexity index is 423. The van der Waals surface area contributed by atoms with Crippen LogP contribution in [-0.2, 0) is 4.79 Å². The first-order valence-electron chi connectivity index (χ1n) is 6.38. The third kappa shape index (κ3) is 4.99. The zero-order chi connectivity index (χ0) is 14.3. The van der Waals surface area contributed by atoms with Gasteiger partial charge in [-0.3, -0.25) is 4.79 Å². The standard InChI is InChI=1S/C14H20ClNO3/c1-3-8-16(9-4-5-14(17)18)11-6-7-13(19-2)12(15)10-11/h6-7,10H,3-5,8-9H2,1-2H3,(H,17,18). The molecule has 1 rings (SSSR count). The summed E-state index contributed by atoms with van der Waals surface area (Å²) in [4.78, 5) is 12.7. The topological polar surface area (TPSA) is 49.8 Å². The Labute approximate surface area is 118 Å². The molecule has 106 valence electrons. The summed E-state index contributed by atoms with van der Waals surface area (Å²) in [6, 6.07) is 5.63. The van der Waals surface area contributed by atoms with Gasteiger partial charge in [0.1, 0.15) is 5.75 Å². The smallest absolute Gasteiger partial charge is 0.303 e. The second-order valence-electron chi connectivity index (χ2n) is 4.30. The van der Waals surface area contributed by atoms with Crippen molar-refractivity contribution in [3.63, 3.8) is 0 Å². The van der Waals surface area contributed by atoms with E-state index >= 15 is 0 Å². The molecule has 0 aliphatic rings. The normalized spacial score (nSPS) is 10.3. The number of methoxy groups -OCH3 is 1. The Kier molecular flexibility index (Phi) is 6.50. The predicted octanol–water partition coefficient (Wildman–Crippen LogP) is 3.43. The molecule has 0 aromatic heterocycles. The molecule has 0 saturated heterocycles. The van der Waals surface area contributed by atoms with Crippen LogP contribution < -0.4 is 9.64 Å². The van der Waals surface area contributed by atoms with E-state index in [1.165, 1.54) is 0 Å². The van der Waals surface area contributed by atoms with Crippen LogP contribution in [0.15, 0.2) is 18.2 Å². The summed E-state index contributed by atoms with van der Waals surface area (Å²) < 4.78 is 5.12. The lowest BCUT2D eigenvalue weighted by Gasteiger charge is -2.24. The number of nitrogens with zero attached hydrogens (tertiary/aromatic N) is 1. The van der Waals surface area contributed by atoms with Gasteiger partial charge in [0.15, 0.2) is 0 Å². The second kappa shape index (κ2) is 7.89. The highest BCUT2D eigenvalue weighted by molar-refractivity contribution is 6.32. The van der Waals surface area contributed by atoms with E-state index < -0.39 is 5.97 Å². The maximum Gasteiger partial charge on any atom is 0.303 e. The van der Waals surface area contributed by atoms with Gasteiger partial charge in [-0.1, -0.05) is 18.5 Å². The van der Waals surface area contributed by atoms with E-state index in [0.717, 1.165) is 18.7 Å². The summed E-state index contributed by atoms with van der Waals surface area (Å²) in [6.07, 6.45) is 1.81. The zero-order valence-electron chi connectivity index (χ0n) is 11.4. The third-order valence-corrected chi connectivity index (χ3v) is 3.11. The maximum atomic E-state index is 10.6. The van der Waals surface area contributed by atoms with Crippen LogP contribution in [0.5, 0.6) is 5.75 Å². The molecule has 0 bridgehead atoms. The molecule has 19 heavy (non-hydrogen) atoms. The van der Waals surface area contributed by atoms with Crippen LogP contribution in [0.2, 0.25) is 5.02 Å². The summed E-state index contributed by atoms with van der Waals surface area (Å²) in [5.41, 5.74) is 0.998. The molecule has 0 unspecified atom stereocenters. The zero-order valence-corrected chi connectivity index (χ0v) is 12.1. The van der Waals surface area contributed by atoms with Crippen molar-refractivity contribution in [3.8, 4) is 5.75 Å². The minimum Gasteiger partial charge on any atom is -0.495 e. The van der Waals surface area contributed by atoms with Gasteiger partial charge >= 0.3 is 5.97 Å². The Morgan fingerprint density at radius 3 is 2.68 bits per heavy atom. The lowest BCUT2D eigenvalue weighted by atomic mass is 10.2. The fourth-order valence-electron chi connectivity index (χ4n) is 1.91. The van der Waals surface area contributed by atoms with Crippen molar-refractivity contribution in [2.24, 2.45) is 0 Å². The first-order valence-corrected chi connectivity index (χ1v) is 6.76. The van der Waals surface area contributed by atoms with Crippen LogP contribution in [0.3, 0.4) is 0 Å². The highest BCUT2D eigenvalue weighted by atomic mass is 35.5. The average Bonchev–Trinajstić information content (AvgIpc) is 2.37. The summed E-state index contributed by atoms with van der Waals surface area (Å²) >= 11 is 6.11. The van der Waals surface area contributed by atoms with Crippen molar-refractivity contribution in [2.45, 2.75) is 26.2 Å². The van der Waals surface area contributed by atoms with Gasteiger partial charge in [0, 0.05) is 25.2 Å². The molecule has 1 aromatic rings. The monoisotopic (exact) mass is 285 g/mol. The number of hydrogen-bond donors (Lipinski definition) is 1. The molecule has 0 aliphatic heterocycles. The number of halogens is 1. The average molecular weight is 286 g/mol. The number of carbonyl (C=O) groups is 1. The van der Waals surface area contributed by atoms with Crippen molar-refractivity contribution in [1.82, 2.24) is 0 Å². The van der Waals surface area contributed by atoms with Crippen molar-refractivity contribution in [2.75, 3.05) is 25.1 Å². The molecule has 5 heteroatoms. The maximum absolute atomic E-state index is 10.6. The molecule has 0 aliphatic carbocycles. The Morgan fingerprint density at radius 2 is 2.16 bits per heavy atom. The fraction of sp³-hybridized carbons (Fsp3) is 0.500. The lowest BCUT2D eigenvalue weighted by Crippen LogP contribution is -2.25. The number of carboxylic acid groups (broad SMARTS) is 1. The van der Waals surface area contributed by atoms with E-state index in [0.29, 0.717) is 23.7 Å².